The third-order valence-electron chi connectivity index (χ3n) is 3.52. The van der Waals surface area contributed by atoms with Crippen LogP contribution in [0.5, 0.6) is 0 Å². The van der Waals surface area contributed by atoms with E-state index in [2.05, 4.69) is 15.3 Å². The number of rotatable bonds is 6. The molecule has 0 aliphatic heterocycles. The van der Waals surface area contributed by atoms with E-state index in [4.69, 9.17) is 0 Å². The van der Waals surface area contributed by atoms with E-state index in [0.29, 0.717) is 18.3 Å². The highest BCUT2D eigenvalue weighted by Crippen LogP contribution is 2.40. The topological polar surface area (TPSA) is 41.1 Å². The molecular formula is C14H21F3N4. The van der Waals surface area contributed by atoms with Crippen molar-refractivity contribution in [1.82, 2.24) is 9.97 Å². The van der Waals surface area contributed by atoms with Gasteiger partial charge in [-0.15, -0.1) is 0 Å². The molecule has 7 heteroatoms. The molecule has 1 aromatic heterocycles. The number of halogens is 3. The molecule has 0 bridgehead atoms. The first-order valence-corrected chi connectivity index (χ1v) is 7.22. The van der Waals surface area contributed by atoms with Crippen molar-refractivity contribution in [2.45, 2.75) is 45.2 Å². The van der Waals surface area contributed by atoms with Gasteiger partial charge in [0, 0.05) is 31.6 Å². The molecule has 1 N–H and O–H groups in total. The third kappa shape index (κ3) is 4.22. The van der Waals surface area contributed by atoms with Gasteiger partial charge < -0.3 is 10.2 Å². The van der Waals surface area contributed by atoms with Crippen LogP contribution in [0, 0.1) is 6.92 Å². The summed E-state index contributed by atoms with van der Waals surface area (Å²) in [6.07, 6.45) is -2.89. The smallest absolute Gasteiger partial charge is 0.370 e. The SMILES string of the molecule is CCNc1nc(C2CC2)nc(N(C)CCC(F)(F)F)c1C. The number of anilines is 2. The van der Waals surface area contributed by atoms with Crippen molar-refractivity contribution in [2.75, 3.05) is 30.4 Å². The molecule has 1 saturated carbocycles. The van der Waals surface area contributed by atoms with Gasteiger partial charge in [-0.2, -0.15) is 13.2 Å². The van der Waals surface area contributed by atoms with Crippen LogP contribution in [0.2, 0.25) is 0 Å². The summed E-state index contributed by atoms with van der Waals surface area (Å²) in [4.78, 5) is 10.6. The molecule has 1 aromatic rings. The van der Waals surface area contributed by atoms with Crippen LogP contribution in [0.15, 0.2) is 0 Å². The van der Waals surface area contributed by atoms with Crippen LogP contribution >= 0.6 is 0 Å². The van der Waals surface area contributed by atoms with Crippen LogP contribution in [0.4, 0.5) is 24.8 Å². The summed E-state index contributed by atoms with van der Waals surface area (Å²) >= 11 is 0. The number of alkyl halides is 3. The van der Waals surface area contributed by atoms with Crippen molar-refractivity contribution in [3.63, 3.8) is 0 Å². The minimum absolute atomic E-state index is 0.100. The van der Waals surface area contributed by atoms with Crippen LogP contribution in [-0.4, -0.2) is 36.3 Å². The molecule has 0 unspecified atom stereocenters. The lowest BCUT2D eigenvalue weighted by Gasteiger charge is -2.23. The largest absolute Gasteiger partial charge is 0.390 e. The Hall–Kier alpha value is -1.53. The van der Waals surface area contributed by atoms with Gasteiger partial charge in [-0.05, 0) is 26.7 Å². The normalized spacial score (nSPS) is 15.1. The fourth-order valence-corrected chi connectivity index (χ4v) is 2.16. The van der Waals surface area contributed by atoms with Gasteiger partial charge in [-0.25, -0.2) is 9.97 Å². The van der Waals surface area contributed by atoms with Crippen LogP contribution < -0.4 is 10.2 Å². The lowest BCUT2D eigenvalue weighted by molar-refractivity contribution is -0.132. The first kappa shape index (κ1) is 15.9. The first-order chi connectivity index (χ1) is 9.81. The Kier molecular flexibility index (Phi) is 4.58. The van der Waals surface area contributed by atoms with E-state index >= 15 is 0 Å². The van der Waals surface area contributed by atoms with Gasteiger partial charge in [0.25, 0.3) is 0 Å². The van der Waals surface area contributed by atoms with E-state index < -0.39 is 12.6 Å². The standard InChI is InChI=1S/C14H21F3N4/c1-4-18-11-9(2)13(20-12(19-11)10-5-6-10)21(3)8-7-14(15,16)17/h10H,4-8H2,1-3H3,(H,18,19,20). The number of nitrogens with one attached hydrogen (secondary N) is 1. The van der Waals surface area contributed by atoms with Crippen molar-refractivity contribution in [1.29, 1.82) is 0 Å². The fourth-order valence-electron chi connectivity index (χ4n) is 2.16. The molecule has 118 valence electrons. The van der Waals surface area contributed by atoms with E-state index in [0.717, 1.165) is 30.0 Å². The lowest BCUT2D eigenvalue weighted by atomic mass is 10.2. The molecule has 21 heavy (non-hydrogen) atoms. The summed E-state index contributed by atoms with van der Waals surface area (Å²) < 4.78 is 37.1. The van der Waals surface area contributed by atoms with Gasteiger partial charge in [-0.1, -0.05) is 0 Å². The molecule has 0 amide bonds. The molecule has 0 radical (unpaired) electrons. The first-order valence-electron chi connectivity index (χ1n) is 7.22. The average Bonchev–Trinajstić information content (AvgIpc) is 3.22. The zero-order chi connectivity index (χ0) is 15.6. The molecule has 0 saturated heterocycles. The average molecular weight is 302 g/mol. The molecule has 4 nitrogen and oxygen atoms in total. The van der Waals surface area contributed by atoms with Crippen LogP contribution in [0.25, 0.3) is 0 Å². The summed E-state index contributed by atoms with van der Waals surface area (Å²) in [5, 5.41) is 3.17. The molecule has 0 aromatic carbocycles. The van der Waals surface area contributed by atoms with E-state index in [9.17, 15) is 13.2 Å². The van der Waals surface area contributed by atoms with Gasteiger partial charge >= 0.3 is 6.18 Å². The number of aromatic nitrogens is 2. The van der Waals surface area contributed by atoms with E-state index in [1.54, 1.807) is 11.9 Å². The Labute approximate surface area is 122 Å². The van der Waals surface area contributed by atoms with Crippen molar-refractivity contribution in [2.24, 2.45) is 0 Å². The summed E-state index contributed by atoms with van der Waals surface area (Å²) in [6.45, 7) is 4.42. The number of hydrogen-bond donors (Lipinski definition) is 1. The number of nitrogens with zero attached hydrogens (tertiary/aromatic N) is 3. The highest BCUT2D eigenvalue weighted by atomic mass is 19.4. The molecule has 1 heterocycles. The van der Waals surface area contributed by atoms with E-state index in [1.807, 2.05) is 13.8 Å². The van der Waals surface area contributed by atoms with Gasteiger partial charge in [0.1, 0.15) is 17.5 Å². The summed E-state index contributed by atoms with van der Waals surface area (Å²) in [7, 11) is 1.65. The maximum atomic E-state index is 12.4. The van der Waals surface area contributed by atoms with E-state index in [1.165, 1.54) is 0 Å². The quantitative estimate of drug-likeness (QED) is 0.873. The molecule has 0 spiro atoms. The highest BCUT2D eigenvalue weighted by Gasteiger charge is 2.30. The van der Waals surface area contributed by atoms with Gasteiger partial charge in [0.05, 0.1) is 6.42 Å². The molecule has 0 atom stereocenters. The van der Waals surface area contributed by atoms with Gasteiger partial charge in [0.15, 0.2) is 0 Å². The molecular weight excluding hydrogens is 281 g/mol. The second-order valence-electron chi connectivity index (χ2n) is 5.47. The maximum Gasteiger partial charge on any atom is 0.390 e. The predicted octanol–water partition coefficient (Wildman–Crippen LogP) is 3.48. The van der Waals surface area contributed by atoms with E-state index in [-0.39, 0.29) is 6.54 Å². The molecule has 1 fully saturated rings. The Morgan fingerprint density at radius 3 is 2.48 bits per heavy atom. The lowest BCUT2D eigenvalue weighted by Crippen LogP contribution is -2.26. The summed E-state index contributed by atoms with van der Waals surface area (Å²) in [6, 6.07) is 0. The van der Waals surface area contributed by atoms with Crippen LogP contribution in [-0.2, 0) is 0 Å². The minimum Gasteiger partial charge on any atom is -0.370 e. The summed E-state index contributed by atoms with van der Waals surface area (Å²) in [5.41, 5.74) is 0.797. The minimum atomic E-state index is -4.15. The van der Waals surface area contributed by atoms with Crippen LogP contribution in [0.1, 0.15) is 43.5 Å². The van der Waals surface area contributed by atoms with Crippen molar-refractivity contribution < 1.29 is 13.2 Å². The third-order valence-corrected chi connectivity index (χ3v) is 3.52. The second kappa shape index (κ2) is 6.07. The zero-order valence-corrected chi connectivity index (χ0v) is 12.6. The Bertz CT molecular complexity index is 498. The maximum absolute atomic E-state index is 12.4. The van der Waals surface area contributed by atoms with Crippen molar-refractivity contribution in [3.05, 3.63) is 11.4 Å². The fraction of sp³-hybridized carbons (Fsp3) is 0.714. The zero-order valence-electron chi connectivity index (χ0n) is 12.6. The number of hydrogen-bond acceptors (Lipinski definition) is 4. The molecule has 1 aliphatic carbocycles. The molecule has 2 rings (SSSR count). The van der Waals surface area contributed by atoms with Gasteiger partial charge in [-0.3, -0.25) is 0 Å². The van der Waals surface area contributed by atoms with Gasteiger partial charge in [0.2, 0.25) is 0 Å². The van der Waals surface area contributed by atoms with Crippen molar-refractivity contribution >= 4 is 11.6 Å². The molecule has 1 aliphatic rings. The predicted molar refractivity (Wildman–Crippen MR) is 76.8 cm³/mol. The monoisotopic (exact) mass is 302 g/mol. The second-order valence-corrected chi connectivity index (χ2v) is 5.47. The Morgan fingerprint density at radius 2 is 1.95 bits per heavy atom. The van der Waals surface area contributed by atoms with Crippen molar-refractivity contribution in [3.8, 4) is 0 Å². The van der Waals surface area contributed by atoms with Crippen LogP contribution in [0.3, 0.4) is 0 Å². The highest BCUT2D eigenvalue weighted by molar-refractivity contribution is 5.58. The Morgan fingerprint density at radius 1 is 1.29 bits per heavy atom. The Balaban J connectivity index is 2.23. The summed E-state index contributed by atoms with van der Waals surface area (Å²) in [5.74, 6) is 2.42.